The van der Waals surface area contributed by atoms with Crippen molar-refractivity contribution in [3.05, 3.63) is 22.1 Å². The van der Waals surface area contributed by atoms with Crippen LogP contribution in [0.3, 0.4) is 0 Å². The molecule has 4 unspecified atom stereocenters. The molecule has 100 valence electrons. The van der Waals surface area contributed by atoms with Crippen LogP contribution in [0.4, 0.5) is 10.2 Å². The molecule has 2 N–H and O–H groups in total. The molecule has 2 heterocycles. The van der Waals surface area contributed by atoms with E-state index >= 15 is 0 Å². The molecule has 0 spiro atoms. The molecule has 1 aliphatic heterocycles. The van der Waals surface area contributed by atoms with Gasteiger partial charge in [-0.05, 0) is 4.92 Å². The summed E-state index contributed by atoms with van der Waals surface area (Å²) >= 11 is 0. The monoisotopic (exact) mass is 260 g/mol. The summed E-state index contributed by atoms with van der Waals surface area (Å²) in [7, 11) is 0. The van der Waals surface area contributed by atoms with Crippen LogP contribution in [0.25, 0.3) is 0 Å². The maximum atomic E-state index is 12.5. The highest BCUT2D eigenvalue weighted by molar-refractivity contribution is 5.20. The van der Waals surface area contributed by atoms with Gasteiger partial charge in [0.1, 0.15) is 31.2 Å². The summed E-state index contributed by atoms with van der Waals surface area (Å²) in [6, 6.07) is 0. The second-order valence-electron chi connectivity index (χ2n) is 3.99. The van der Waals surface area contributed by atoms with Crippen LogP contribution >= 0.6 is 0 Å². The van der Waals surface area contributed by atoms with E-state index in [0.29, 0.717) is 0 Å². The van der Waals surface area contributed by atoms with Gasteiger partial charge in [0, 0.05) is 6.92 Å². The SMILES string of the molecule is Cc1ncc([N+](=O)[O-])n1C1OC(C[18F])C(O)C1O. The van der Waals surface area contributed by atoms with E-state index in [-0.39, 0.29) is 11.6 Å². The summed E-state index contributed by atoms with van der Waals surface area (Å²) in [6.45, 7) is 0.495. The molecular weight excluding hydrogens is 248 g/mol. The zero-order valence-corrected chi connectivity index (χ0v) is 9.43. The Morgan fingerprint density at radius 3 is 2.78 bits per heavy atom. The topological polar surface area (TPSA) is 111 Å². The van der Waals surface area contributed by atoms with Crippen molar-refractivity contribution < 1.29 is 24.3 Å². The Labute approximate surface area is 101 Å². The summed E-state index contributed by atoms with van der Waals surface area (Å²) in [4.78, 5) is 13.9. The number of rotatable bonds is 3. The van der Waals surface area contributed by atoms with Crippen molar-refractivity contribution in [1.82, 2.24) is 9.55 Å². The number of halogens is 1. The van der Waals surface area contributed by atoms with Crippen LogP contribution in [0.5, 0.6) is 0 Å². The van der Waals surface area contributed by atoms with E-state index in [1.807, 2.05) is 0 Å². The molecule has 0 amide bonds. The molecule has 4 atom stereocenters. The number of ether oxygens (including phenoxy) is 1. The Bertz CT molecular complexity index is 465. The van der Waals surface area contributed by atoms with Gasteiger partial charge in [0.05, 0.1) is 0 Å². The first-order chi connectivity index (χ1) is 8.47. The van der Waals surface area contributed by atoms with Gasteiger partial charge in [0.15, 0.2) is 5.82 Å². The third-order valence-electron chi connectivity index (χ3n) is 2.89. The van der Waals surface area contributed by atoms with Crippen LogP contribution in [0, 0.1) is 17.0 Å². The van der Waals surface area contributed by atoms with Crippen LogP contribution in [0.15, 0.2) is 6.20 Å². The van der Waals surface area contributed by atoms with Crippen molar-refractivity contribution in [2.45, 2.75) is 31.5 Å². The Hall–Kier alpha value is -1.58. The fourth-order valence-corrected chi connectivity index (χ4v) is 1.96. The lowest BCUT2D eigenvalue weighted by Crippen LogP contribution is -2.32. The highest BCUT2D eigenvalue weighted by Gasteiger charge is 2.48. The van der Waals surface area contributed by atoms with Crippen LogP contribution in [0.1, 0.15) is 12.1 Å². The average molecular weight is 260 g/mol. The van der Waals surface area contributed by atoms with E-state index in [9.17, 15) is 24.7 Å². The van der Waals surface area contributed by atoms with Gasteiger partial charge < -0.3 is 25.1 Å². The highest BCUT2D eigenvalue weighted by Crippen LogP contribution is 2.33. The van der Waals surface area contributed by atoms with E-state index in [1.54, 1.807) is 0 Å². The van der Waals surface area contributed by atoms with Crippen LogP contribution in [-0.2, 0) is 4.74 Å². The van der Waals surface area contributed by atoms with E-state index in [2.05, 4.69) is 4.98 Å². The van der Waals surface area contributed by atoms with Gasteiger partial charge in [0.25, 0.3) is 0 Å². The van der Waals surface area contributed by atoms with Crippen molar-refractivity contribution >= 4 is 5.82 Å². The molecule has 1 aromatic rings. The number of nitro groups is 1. The number of nitrogens with zero attached hydrogens (tertiary/aromatic N) is 3. The number of alkyl halides is 1. The largest absolute Gasteiger partial charge is 0.387 e. The van der Waals surface area contributed by atoms with Gasteiger partial charge in [-0.2, -0.15) is 4.57 Å². The van der Waals surface area contributed by atoms with Crippen LogP contribution in [0.2, 0.25) is 0 Å². The molecule has 9 heteroatoms. The Balaban J connectivity index is 2.38. The number of aryl methyl sites for hydroxylation is 1. The smallest absolute Gasteiger partial charge is 0.345 e. The zero-order chi connectivity index (χ0) is 13.4. The predicted octanol–water partition coefficient (Wildman–Crippen LogP) is -0.312. The number of aliphatic hydroxyl groups excluding tert-OH is 2. The quantitative estimate of drug-likeness (QED) is 0.569. The Kier molecular flexibility index (Phi) is 3.28. The van der Waals surface area contributed by atoms with Crippen molar-refractivity contribution in [2.75, 3.05) is 6.67 Å². The van der Waals surface area contributed by atoms with Gasteiger partial charge in [-0.15, -0.1) is 0 Å². The van der Waals surface area contributed by atoms with Crippen LogP contribution in [-0.4, -0.2) is 49.7 Å². The van der Waals surface area contributed by atoms with Gasteiger partial charge in [-0.25, -0.2) is 9.37 Å². The summed E-state index contributed by atoms with van der Waals surface area (Å²) < 4.78 is 18.7. The lowest BCUT2D eigenvalue weighted by atomic mass is 10.1. The number of imidazole rings is 1. The van der Waals surface area contributed by atoms with E-state index in [0.717, 1.165) is 10.8 Å². The minimum Gasteiger partial charge on any atom is -0.387 e. The maximum absolute atomic E-state index is 12.5. The van der Waals surface area contributed by atoms with Crippen molar-refractivity contribution in [3.8, 4) is 0 Å². The summed E-state index contributed by atoms with van der Waals surface area (Å²) in [5.74, 6) is -0.152. The second kappa shape index (κ2) is 4.59. The molecular formula is C9H12FN3O5. The van der Waals surface area contributed by atoms with Gasteiger partial charge in [0.2, 0.25) is 6.23 Å². The highest BCUT2D eigenvalue weighted by atomic mass is 18.2. The molecule has 0 bridgehead atoms. The molecule has 18 heavy (non-hydrogen) atoms. The van der Waals surface area contributed by atoms with Gasteiger partial charge in [-0.3, -0.25) is 0 Å². The lowest BCUT2D eigenvalue weighted by Gasteiger charge is -2.13. The number of hydrogen-bond donors (Lipinski definition) is 2. The minimum absolute atomic E-state index is 0.234. The molecule has 2 rings (SSSR count). The summed E-state index contributed by atoms with van der Waals surface area (Å²) in [5.41, 5.74) is 0. The average Bonchev–Trinajstić information content (AvgIpc) is 2.82. The molecule has 0 aliphatic carbocycles. The minimum atomic E-state index is -1.45. The number of aliphatic hydroxyl groups is 2. The van der Waals surface area contributed by atoms with Crippen molar-refractivity contribution in [2.24, 2.45) is 0 Å². The van der Waals surface area contributed by atoms with E-state index < -0.39 is 36.1 Å². The molecule has 0 radical (unpaired) electrons. The molecule has 8 nitrogen and oxygen atoms in total. The first kappa shape index (κ1) is 12.9. The fourth-order valence-electron chi connectivity index (χ4n) is 1.96. The Morgan fingerprint density at radius 2 is 2.28 bits per heavy atom. The van der Waals surface area contributed by atoms with Crippen molar-refractivity contribution in [3.63, 3.8) is 0 Å². The fraction of sp³-hybridized carbons (Fsp3) is 0.667. The molecule has 1 fully saturated rings. The first-order valence-corrected chi connectivity index (χ1v) is 5.23. The van der Waals surface area contributed by atoms with Gasteiger partial charge >= 0.3 is 5.82 Å². The molecule has 1 aromatic heterocycles. The van der Waals surface area contributed by atoms with Gasteiger partial charge in [-0.1, -0.05) is 0 Å². The zero-order valence-electron chi connectivity index (χ0n) is 9.43. The van der Waals surface area contributed by atoms with Crippen molar-refractivity contribution in [1.29, 1.82) is 0 Å². The summed E-state index contributed by atoms with van der Waals surface area (Å²) in [5, 5.41) is 30.1. The number of hydrogen-bond acceptors (Lipinski definition) is 6. The predicted molar refractivity (Wildman–Crippen MR) is 55.5 cm³/mol. The third kappa shape index (κ3) is 1.85. The molecule has 1 saturated heterocycles. The normalized spacial score (nSPS) is 31.8. The maximum Gasteiger partial charge on any atom is 0.345 e. The number of aromatic nitrogens is 2. The Morgan fingerprint density at radius 1 is 1.61 bits per heavy atom. The van der Waals surface area contributed by atoms with E-state index in [4.69, 9.17) is 4.74 Å². The standard InChI is InChI=1S/C9H12FN3O5/c1-4-11-3-6(13(16)17)12(4)9-8(15)7(14)5(2-10)18-9/h3,5,7-9,14-15H,2H2,1H3/i10-1. The summed E-state index contributed by atoms with van der Waals surface area (Å²) in [6.07, 6.45) is -4.28. The molecule has 0 saturated carbocycles. The second-order valence-corrected chi connectivity index (χ2v) is 3.99. The van der Waals surface area contributed by atoms with Crippen LogP contribution < -0.4 is 0 Å². The molecule has 1 aliphatic rings. The lowest BCUT2D eigenvalue weighted by molar-refractivity contribution is -0.394. The first-order valence-electron chi connectivity index (χ1n) is 5.23. The van der Waals surface area contributed by atoms with E-state index in [1.165, 1.54) is 6.92 Å². The third-order valence-corrected chi connectivity index (χ3v) is 2.89. The molecule has 0 aromatic carbocycles.